The Morgan fingerprint density at radius 2 is 1.58 bits per heavy atom. The summed E-state index contributed by atoms with van der Waals surface area (Å²) < 4.78 is 35.2. The molecule has 1 amide bonds. The highest BCUT2D eigenvalue weighted by Crippen LogP contribution is 2.28. The summed E-state index contributed by atoms with van der Waals surface area (Å²) in [6, 6.07) is 21.1. The molecule has 33 heavy (non-hydrogen) atoms. The van der Waals surface area contributed by atoms with Crippen LogP contribution in [0.1, 0.15) is 45.9 Å². The molecule has 4 rings (SSSR count). The minimum Gasteiger partial charge on any atom is -0.496 e. The minimum absolute atomic E-state index is 0.0267. The van der Waals surface area contributed by atoms with Gasteiger partial charge in [-0.15, -0.1) is 0 Å². The number of aryl methyl sites for hydroxylation is 1. The molecule has 1 fully saturated rings. The van der Waals surface area contributed by atoms with Gasteiger partial charge >= 0.3 is 0 Å². The number of likely N-dealkylation sites (tertiary alicyclic amines) is 1. The Balaban J connectivity index is 1.71. The molecule has 1 heterocycles. The second-order valence-corrected chi connectivity index (χ2v) is 9.95. The standard InChI is InChI=1S/C26H28N2O4S/c1-19-10-12-21(13-11-19)25(20-8-4-3-5-9-20)27-33(30,31)22-14-15-24(32-2)23(18-22)26(29)28-16-6-7-17-28/h3-5,8-15,18,25,27H,6-7,16-17H2,1-2H3. The van der Waals surface area contributed by atoms with Gasteiger partial charge in [-0.3, -0.25) is 4.79 Å². The van der Waals surface area contributed by atoms with E-state index in [1.165, 1.54) is 19.2 Å². The van der Waals surface area contributed by atoms with Crippen molar-refractivity contribution in [3.8, 4) is 5.75 Å². The van der Waals surface area contributed by atoms with Crippen molar-refractivity contribution in [3.63, 3.8) is 0 Å². The maximum atomic E-state index is 13.5. The Morgan fingerprint density at radius 1 is 0.939 bits per heavy atom. The van der Waals surface area contributed by atoms with Gasteiger partial charge in [-0.1, -0.05) is 60.2 Å². The smallest absolute Gasteiger partial charge is 0.257 e. The van der Waals surface area contributed by atoms with Gasteiger partial charge in [0.05, 0.1) is 23.6 Å². The van der Waals surface area contributed by atoms with Crippen LogP contribution in [0.2, 0.25) is 0 Å². The molecule has 172 valence electrons. The number of nitrogens with one attached hydrogen (secondary N) is 1. The van der Waals surface area contributed by atoms with Crippen molar-refractivity contribution in [2.45, 2.75) is 30.7 Å². The number of nitrogens with zero attached hydrogens (tertiary/aromatic N) is 1. The Kier molecular flexibility index (Phi) is 6.81. The summed E-state index contributed by atoms with van der Waals surface area (Å²) in [4.78, 5) is 14.8. The van der Waals surface area contributed by atoms with Crippen LogP contribution < -0.4 is 9.46 Å². The van der Waals surface area contributed by atoms with Crippen LogP contribution >= 0.6 is 0 Å². The summed E-state index contributed by atoms with van der Waals surface area (Å²) in [6.07, 6.45) is 1.89. The highest BCUT2D eigenvalue weighted by Gasteiger charge is 2.27. The third-order valence-electron chi connectivity index (χ3n) is 5.92. The van der Waals surface area contributed by atoms with Gasteiger partial charge in [0.25, 0.3) is 5.91 Å². The van der Waals surface area contributed by atoms with Gasteiger partial charge in [0, 0.05) is 13.1 Å². The first-order valence-corrected chi connectivity index (χ1v) is 12.5. The molecule has 0 radical (unpaired) electrons. The van der Waals surface area contributed by atoms with E-state index in [1.54, 1.807) is 11.0 Å². The normalized spacial score (nSPS) is 14.8. The van der Waals surface area contributed by atoms with E-state index in [2.05, 4.69) is 4.72 Å². The quantitative estimate of drug-likeness (QED) is 0.565. The highest BCUT2D eigenvalue weighted by molar-refractivity contribution is 7.89. The molecule has 0 saturated carbocycles. The molecule has 6 nitrogen and oxygen atoms in total. The fraction of sp³-hybridized carbons (Fsp3) is 0.269. The molecular weight excluding hydrogens is 436 g/mol. The molecule has 0 aliphatic carbocycles. The minimum atomic E-state index is -3.95. The number of carbonyl (C=O) groups excluding carboxylic acids is 1. The number of sulfonamides is 1. The highest BCUT2D eigenvalue weighted by atomic mass is 32.2. The maximum absolute atomic E-state index is 13.5. The van der Waals surface area contributed by atoms with Crippen molar-refractivity contribution in [1.29, 1.82) is 0 Å². The number of rotatable bonds is 7. The lowest BCUT2D eigenvalue weighted by Crippen LogP contribution is -2.31. The van der Waals surface area contributed by atoms with E-state index in [0.717, 1.165) is 29.5 Å². The van der Waals surface area contributed by atoms with Crippen LogP contribution in [0.5, 0.6) is 5.75 Å². The van der Waals surface area contributed by atoms with Crippen molar-refractivity contribution < 1.29 is 17.9 Å². The number of carbonyl (C=O) groups is 1. The van der Waals surface area contributed by atoms with E-state index in [9.17, 15) is 13.2 Å². The lowest BCUT2D eigenvalue weighted by Gasteiger charge is -2.21. The Hall–Kier alpha value is -3.16. The van der Waals surface area contributed by atoms with E-state index < -0.39 is 16.1 Å². The van der Waals surface area contributed by atoms with Crippen LogP contribution in [0.4, 0.5) is 0 Å². The summed E-state index contributed by atoms with van der Waals surface area (Å²) in [7, 11) is -2.47. The van der Waals surface area contributed by atoms with Gasteiger partial charge < -0.3 is 9.64 Å². The number of benzene rings is 3. The molecule has 1 atom stereocenters. The third kappa shape index (κ3) is 5.10. The van der Waals surface area contributed by atoms with Crippen LogP contribution in [0.3, 0.4) is 0 Å². The van der Waals surface area contributed by atoms with Crippen molar-refractivity contribution in [3.05, 3.63) is 95.1 Å². The molecular formula is C26H28N2O4S. The number of methoxy groups -OCH3 is 1. The Morgan fingerprint density at radius 3 is 2.21 bits per heavy atom. The zero-order valence-corrected chi connectivity index (χ0v) is 19.6. The topological polar surface area (TPSA) is 75.7 Å². The van der Waals surface area contributed by atoms with Crippen LogP contribution in [0.25, 0.3) is 0 Å². The van der Waals surface area contributed by atoms with E-state index in [0.29, 0.717) is 18.8 Å². The summed E-state index contributed by atoms with van der Waals surface area (Å²) in [5.74, 6) is 0.156. The number of hydrogen-bond donors (Lipinski definition) is 1. The molecule has 0 aromatic heterocycles. The van der Waals surface area contributed by atoms with Crippen molar-refractivity contribution in [2.75, 3.05) is 20.2 Å². The van der Waals surface area contributed by atoms with E-state index in [-0.39, 0.29) is 16.4 Å². The van der Waals surface area contributed by atoms with Gasteiger partial charge in [0.2, 0.25) is 10.0 Å². The SMILES string of the molecule is COc1ccc(S(=O)(=O)NC(c2ccccc2)c2ccc(C)cc2)cc1C(=O)N1CCCC1. The average Bonchev–Trinajstić information content (AvgIpc) is 3.38. The zero-order chi connectivity index (χ0) is 23.4. The molecule has 0 spiro atoms. The molecule has 1 saturated heterocycles. The predicted molar refractivity (Wildman–Crippen MR) is 128 cm³/mol. The number of ether oxygens (including phenoxy) is 1. The number of hydrogen-bond acceptors (Lipinski definition) is 4. The van der Waals surface area contributed by atoms with Crippen molar-refractivity contribution in [2.24, 2.45) is 0 Å². The Bertz CT molecular complexity index is 1220. The summed E-state index contributed by atoms with van der Waals surface area (Å²) in [5.41, 5.74) is 3.01. The molecule has 1 aliphatic rings. The fourth-order valence-corrected chi connectivity index (χ4v) is 5.31. The lowest BCUT2D eigenvalue weighted by atomic mass is 9.99. The zero-order valence-electron chi connectivity index (χ0n) is 18.8. The number of amides is 1. The molecule has 1 unspecified atom stereocenters. The first-order chi connectivity index (χ1) is 15.9. The second kappa shape index (κ2) is 9.77. The van der Waals surface area contributed by atoms with E-state index >= 15 is 0 Å². The monoisotopic (exact) mass is 464 g/mol. The molecule has 0 bridgehead atoms. The average molecular weight is 465 g/mol. The molecule has 3 aromatic carbocycles. The van der Waals surface area contributed by atoms with E-state index in [4.69, 9.17) is 4.74 Å². The summed E-state index contributed by atoms with van der Waals surface area (Å²) >= 11 is 0. The van der Waals surface area contributed by atoms with Gasteiger partial charge in [-0.2, -0.15) is 4.72 Å². The van der Waals surface area contributed by atoms with Crippen LogP contribution in [0.15, 0.2) is 77.7 Å². The summed E-state index contributed by atoms with van der Waals surface area (Å²) in [6.45, 7) is 3.32. The van der Waals surface area contributed by atoms with Crippen LogP contribution in [-0.2, 0) is 10.0 Å². The predicted octanol–water partition coefficient (Wildman–Crippen LogP) is 4.31. The van der Waals surface area contributed by atoms with Gasteiger partial charge in [0.15, 0.2) is 0 Å². The van der Waals surface area contributed by atoms with Crippen LogP contribution in [0, 0.1) is 6.92 Å². The second-order valence-electron chi connectivity index (χ2n) is 8.24. The lowest BCUT2D eigenvalue weighted by molar-refractivity contribution is 0.0789. The van der Waals surface area contributed by atoms with Crippen LogP contribution in [-0.4, -0.2) is 39.4 Å². The third-order valence-corrected chi connectivity index (χ3v) is 7.34. The first-order valence-electron chi connectivity index (χ1n) is 11.0. The fourth-order valence-electron chi connectivity index (χ4n) is 4.07. The van der Waals surface area contributed by atoms with Gasteiger partial charge in [-0.25, -0.2) is 8.42 Å². The van der Waals surface area contributed by atoms with Gasteiger partial charge in [-0.05, 0) is 49.1 Å². The molecule has 7 heteroatoms. The first kappa shape index (κ1) is 23.0. The largest absolute Gasteiger partial charge is 0.496 e. The maximum Gasteiger partial charge on any atom is 0.257 e. The molecule has 3 aromatic rings. The van der Waals surface area contributed by atoms with Crippen molar-refractivity contribution in [1.82, 2.24) is 9.62 Å². The van der Waals surface area contributed by atoms with Gasteiger partial charge in [0.1, 0.15) is 5.75 Å². The Labute approximate surface area is 195 Å². The summed E-state index contributed by atoms with van der Waals surface area (Å²) in [5, 5.41) is 0. The molecule has 1 N–H and O–H groups in total. The van der Waals surface area contributed by atoms with E-state index in [1.807, 2.05) is 61.5 Å². The van der Waals surface area contributed by atoms with Crippen molar-refractivity contribution >= 4 is 15.9 Å². The molecule has 1 aliphatic heterocycles.